The molecule has 0 bridgehead atoms. The van der Waals surface area contributed by atoms with Crippen molar-refractivity contribution < 1.29 is 24.5 Å². The third kappa shape index (κ3) is 38.7. The van der Waals surface area contributed by atoms with Gasteiger partial charge in [0, 0.05) is 6.42 Å². The van der Waals surface area contributed by atoms with Crippen molar-refractivity contribution in [1.82, 2.24) is 5.32 Å². The number of aliphatic hydroxyl groups excluding tert-OH is 2. The van der Waals surface area contributed by atoms with Crippen molar-refractivity contribution >= 4 is 11.9 Å². The maximum atomic E-state index is 13.1. The molecule has 0 rings (SSSR count). The first kappa shape index (κ1) is 53.8. The van der Waals surface area contributed by atoms with Gasteiger partial charge in [-0.3, -0.25) is 9.59 Å². The maximum absolute atomic E-state index is 13.1. The SMILES string of the molecule is CC/C=C/C=C/C=C\C=C/CCCC(CC(=O)NC(CO)C(O)CCCCCCCCCCCCCC)OC(=O)CCCCCCCCCCCCCCCC. The van der Waals surface area contributed by atoms with Crippen LogP contribution in [0.15, 0.2) is 48.6 Å². The Bertz CT molecular complexity index is 972. The van der Waals surface area contributed by atoms with Crippen LogP contribution in [0.2, 0.25) is 0 Å². The van der Waals surface area contributed by atoms with E-state index in [2.05, 4.69) is 38.2 Å². The van der Waals surface area contributed by atoms with E-state index < -0.39 is 18.2 Å². The standard InChI is InChI=1S/C50H91NO5/c1-4-7-10-13-16-19-22-24-25-28-31-34-37-40-43-50(55)56-46(41-38-35-32-29-26-21-18-15-12-9-6-3)44-49(54)51-47(45-52)48(53)42-39-36-33-30-27-23-20-17-14-11-8-5-2/h9,12,15,18,21,26,29,32,46-48,52-53H,4-8,10-11,13-14,16-17,19-20,22-25,27-28,30-31,33-45H2,1-3H3,(H,51,54)/b12-9+,18-15+,26-21-,32-29-. The number of carbonyl (C=O) groups excluding carboxylic acids is 2. The summed E-state index contributed by atoms with van der Waals surface area (Å²) in [6.07, 6.45) is 51.8. The molecule has 3 atom stereocenters. The number of allylic oxidation sites excluding steroid dienone is 8. The Morgan fingerprint density at radius 2 is 0.964 bits per heavy atom. The van der Waals surface area contributed by atoms with Crippen LogP contribution in [0, 0.1) is 0 Å². The third-order valence-corrected chi connectivity index (χ3v) is 10.8. The van der Waals surface area contributed by atoms with Crippen LogP contribution in [-0.4, -0.2) is 46.9 Å². The predicted molar refractivity (Wildman–Crippen MR) is 241 cm³/mol. The summed E-state index contributed by atoms with van der Waals surface area (Å²) in [6, 6.07) is -0.719. The molecule has 3 unspecified atom stereocenters. The number of rotatable bonds is 42. The van der Waals surface area contributed by atoms with Crippen molar-refractivity contribution in [3.05, 3.63) is 48.6 Å². The lowest BCUT2D eigenvalue weighted by Crippen LogP contribution is -2.46. The molecule has 0 fully saturated rings. The fourth-order valence-electron chi connectivity index (χ4n) is 7.15. The molecule has 0 aromatic carbocycles. The van der Waals surface area contributed by atoms with Crippen LogP contribution in [0.5, 0.6) is 0 Å². The number of esters is 1. The van der Waals surface area contributed by atoms with Crippen LogP contribution in [0.25, 0.3) is 0 Å². The molecule has 3 N–H and O–H groups in total. The molecule has 0 saturated carbocycles. The summed E-state index contributed by atoms with van der Waals surface area (Å²) in [5.41, 5.74) is 0. The number of nitrogens with one attached hydrogen (secondary N) is 1. The van der Waals surface area contributed by atoms with Crippen LogP contribution in [0.3, 0.4) is 0 Å². The Labute approximate surface area is 346 Å². The van der Waals surface area contributed by atoms with Gasteiger partial charge in [-0.1, -0.05) is 230 Å². The molecule has 0 aromatic rings. The highest BCUT2D eigenvalue weighted by Crippen LogP contribution is 2.17. The number of aliphatic hydroxyl groups is 2. The lowest BCUT2D eigenvalue weighted by Gasteiger charge is -2.24. The van der Waals surface area contributed by atoms with E-state index in [1.807, 2.05) is 36.5 Å². The van der Waals surface area contributed by atoms with Crippen molar-refractivity contribution in [1.29, 1.82) is 0 Å². The molecule has 0 radical (unpaired) electrons. The highest BCUT2D eigenvalue weighted by Gasteiger charge is 2.24. The zero-order valence-electron chi connectivity index (χ0n) is 37.0. The molecular formula is C50H91NO5. The van der Waals surface area contributed by atoms with E-state index >= 15 is 0 Å². The van der Waals surface area contributed by atoms with Crippen molar-refractivity contribution in [2.75, 3.05) is 6.61 Å². The van der Waals surface area contributed by atoms with Gasteiger partial charge in [-0.05, 0) is 38.5 Å². The number of hydrogen-bond acceptors (Lipinski definition) is 5. The van der Waals surface area contributed by atoms with Gasteiger partial charge in [0.05, 0.1) is 25.2 Å². The Morgan fingerprint density at radius 1 is 0.536 bits per heavy atom. The Kier molecular flexibility index (Phi) is 42.2. The number of ether oxygens (including phenoxy) is 1. The summed E-state index contributed by atoms with van der Waals surface area (Å²) >= 11 is 0. The number of carbonyl (C=O) groups is 2. The molecule has 0 aliphatic heterocycles. The van der Waals surface area contributed by atoms with Gasteiger partial charge < -0.3 is 20.3 Å². The molecule has 326 valence electrons. The lowest BCUT2D eigenvalue weighted by atomic mass is 10.0. The summed E-state index contributed by atoms with van der Waals surface area (Å²) in [4.78, 5) is 26.0. The molecule has 6 nitrogen and oxygen atoms in total. The molecule has 0 aliphatic carbocycles. The van der Waals surface area contributed by atoms with E-state index in [0.29, 0.717) is 19.3 Å². The Morgan fingerprint density at radius 3 is 1.43 bits per heavy atom. The molecule has 0 aliphatic rings. The zero-order valence-corrected chi connectivity index (χ0v) is 37.0. The monoisotopic (exact) mass is 786 g/mol. The highest BCUT2D eigenvalue weighted by molar-refractivity contribution is 5.77. The lowest BCUT2D eigenvalue weighted by molar-refractivity contribution is -0.151. The molecule has 0 heterocycles. The van der Waals surface area contributed by atoms with Crippen molar-refractivity contribution in [2.24, 2.45) is 0 Å². The second-order valence-corrected chi connectivity index (χ2v) is 16.2. The van der Waals surface area contributed by atoms with E-state index in [1.165, 1.54) is 128 Å². The molecule has 6 heteroatoms. The van der Waals surface area contributed by atoms with Gasteiger partial charge in [0.1, 0.15) is 6.10 Å². The molecule has 56 heavy (non-hydrogen) atoms. The first-order valence-electron chi connectivity index (χ1n) is 23.9. The van der Waals surface area contributed by atoms with Crippen LogP contribution in [0.4, 0.5) is 0 Å². The van der Waals surface area contributed by atoms with Gasteiger partial charge >= 0.3 is 5.97 Å². The minimum Gasteiger partial charge on any atom is -0.462 e. The van der Waals surface area contributed by atoms with E-state index in [9.17, 15) is 19.8 Å². The molecular weight excluding hydrogens is 695 g/mol. The summed E-state index contributed by atoms with van der Waals surface area (Å²) in [5.74, 6) is -0.538. The summed E-state index contributed by atoms with van der Waals surface area (Å²) < 4.78 is 5.87. The molecule has 0 aromatic heterocycles. The second kappa shape index (κ2) is 43.9. The quantitative estimate of drug-likeness (QED) is 0.0325. The summed E-state index contributed by atoms with van der Waals surface area (Å²) in [7, 11) is 0. The minimum absolute atomic E-state index is 0.0337. The first-order chi connectivity index (χ1) is 27.5. The Hall–Kier alpha value is -2.18. The Balaban J connectivity index is 4.62. The van der Waals surface area contributed by atoms with Crippen molar-refractivity contribution in [3.8, 4) is 0 Å². The number of amides is 1. The highest BCUT2D eigenvalue weighted by atomic mass is 16.5. The number of hydrogen-bond donors (Lipinski definition) is 3. The largest absolute Gasteiger partial charge is 0.462 e. The minimum atomic E-state index is -0.802. The van der Waals surface area contributed by atoms with Crippen LogP contribution < -0.4 is 5.32 Å². The zero-order chi connectivity index (χ0) is 41.0. The van der Waals surface area contributed by atoms with Crippen LogP contribution >= 0.6 is 0 Å². The van der Waals surface area contributed by atoms with E-state index in [0.717, 1.165) is 57.8 Å². The van der Waals surface area contributed by atoms with Gasteiger partial charge in [0.25, 0.3) is 0 Å². The van der Waals surface area contributed by atoms with E-state index in [-0.39, 0.29) is 24.9 Å². The second-order valence-electron chi connectivity index (χ2n) is 16.2. The van der Waals surface area contributed by atoms with Crippen molar-refractivity contribution in [2.45, 2.75) is 251 Å². The fourth-order valence-corrected chi connectivity index (χ4v) is 7.15. The predicted octanol–water partition coefficient (Wildman–Crippen LogP) is 13.9. The van der Waals surface area contributed by atoms with E-state index in [1.54, 1.807) is 0 Å². The van der Waals surface area contributed by atoms with Gasteiger partial charge in [-0.2, -0.15) is 0 Å². The molecule has 1 amide bonds. The summed E-state index contributed by atoms with van der Waals surface area (Å²) in [5, 5.41) is 23.6. The van der Waals surface area contributed by atoms with E-state index in [4.69, 9.17) is 4.74 Å². The smallest absolute Gasteiger partial charge is 0.306 e. The van der Waals surface area contributed by atoms with Crippen LogP contribution in [-0.2, 0) is 14.3 Å². The van der Waals surface area contributed by atoms with Gasteiger partial charge in [0.15, 0.2) is 0 Å². The van der Waals surface area contributed by atoms with Crippen LogP contribution in [0.1, 0.15) is 233 Å². The fraction of sp³-hybridized carbons (Fsp3) is 0.800. The average Bonchev–Trinajstić information content (AvgIpc) is 3.19. The molecule has 0 spiro atoms. The third-order valence-electron chi connectivity index (χ3n) is 10.8. The number of unbranched alkanes of at least 4 members (excludes halogenated alkanes) is 25. The first-order valence-corrected chi connectivity index (χ1v) is 23.9. The topological polar surface area (TPSA) is 95.9 Å². The average molecular weight is 786 g/mol. The van der Waals surface area contributed by atoms with Gasteiger partial charge in [-0.25, -0.2) is 0 Å². The summed E-state index contributed by atoms with van der Waals surface area (Å²) in [6.45, 7) is 6.31. The van der Waals surface area contributed by atoms with Gasteiger partial charge in [-0.15, -0.1) is 0 Å². The van der Waals surface area contributed by atoms with Gasteiger partial charge in [0.2, 0.25) is 5.91 Å². The van der Waals surface area contributed by atoms with Crippen molar-refractivity contribution in [3.63, 3.8) is 0 Å². The molecule has 0 saturated heterocycles. The maximum Gasteiger partial charge on any atom is 0.306 e. The normalized spacial score (nSPS) is 13.7.